The molecule has 1 saturated heterocycles. The summed E-state index contributed by atoms with van der Waals surface area (Å²) in [6.45, 7) is 5.03. The standard InChI is InChI=1S/C28H32N3O6P/c1-34-24-16-20-21(17-25(24)36-12-2-9-31-10-13-35-14-11-31)29-8-5-22(20)37-23-4-3-19(15-26(23)38)30-27(33)28(18-32)6-7-28/h3-5,8,15-18H,2,6-7,9-14,38H2,1H3,(H,30,33). The Labute approximate surface area is 224 Å². The minimum absolute atomic E-state index is 0.267. The molecule has 38 heavy (non-hydrogen) atoms. The molecule has 0 bridgehead atoms. The third-order valence-corrected chi connectivity index (χ3v) is 7.37. The largest absolute Gasteiger partial charge is 0.493 e. The van der Waals surface area contributed by atoms with Crippen molar-refractivity contribution in [2.45, 2.75) is 19.3 Å². The number of rotatable bonds is 11. The van der Waals surface area contributed by atoms with Gasteiger partial charge in [0.25, 0.3) is 0 Å². The van der Waals surface area contributed by atoms with Crippen molar-refractivity contribution in [3.8, 4) is 23.0 Å². The van der Waals surface area contributed by atoms with Crippen LogP contribution in [0.5, 0.6) is 23.0 Å². The van der Waals surface area contributed by atoms with Gasteiger partial charge in [-0.2, -0.15) is 0 Å². The van der Waals surface area contributed by atoms with Gasteiger partial charge in [-0.25, -0.2) is 0 Å². The molecule has 1 atom stereocenters. The number of ether oxygens (including phenoxy) is 4. The molecule has 10 heteroatoms. The molecular formula is C28H32N3O6P. The highest BCUT2D eigenvalue weighted by Crippen LogP contribution is 2.44. The van der Waals surface area contributed by atoms with Crippen LogP contribution in [0.2, 0.25) is 0 Å². The lowest BCUT2D eigenvalue weighted by Crippen LogP contribution is -2.37. The summed E-state index contributed by atoms with van der Waals surface area (Å²) in [5.74, 6) is 2.21. The van der Waals surface area contributed by atoms with E-state index in [4.69, 9.17) is 18.9 Å². The van der Waals surface area contributed by atoms with Crippen LogP contribution in [0, 0.1) is 5.41 Å². The summed E-state index contributed by atoms with van der Waals surface area (Å²) < 4.78 is 23.3. The summed E-state index contributed by atoms with van der Waals surface area (Å²) in [6.07, 6.45) is 4.53. The van der Waals surface area contributed by atoms with E-state index < -0.39 is 5.41 Å². The van der Waals surface area contributed by atoms with E-state index in [-0.39, 0.29) is 5.91 Å². The monoisotopic (exact) mass is 537 g/mol. The maximum atomic E-state index is 12.4. The number of hydrogen-bond acceptors (Lipinski definition) is 8. The summed E-state index contributed by atoms with van der Waals surface area (Å²) >= 11 is 0. The van der Waals surface area contributed by atoms with Crippen LogP contribution in [0.3, 0.4) is 0 Å². The molecule has 1 aromatic heterocycles. The van der Waals surface area contributed by atoms with Gasteiger partial charge < -0.3 is 29.1 Å². The van der Waals surface area contributed by atoms with Gasteiger partial charge >= 0.3 is 0 Å². The smallest absolute Gasteiger partial charge is 0.237 e. The van der Waals surface area contributed by atoms with Gasteiger partial charge in [0.05, 0.1) is 32.4 Å². The maximum absolute atomic E-state index is 12.4. The number of fused-ring (bicyclic) bond motifs is 1. The van der Waals surface area contributed by atoms with E-state index in [1.54, 1.807) is 37.6 Å². The molecule has 1 N–H and O–H groups in total. The third kappa shape index (κ3) is 5.90. The van der Waals surface area contributed by atoms with Crippen LogP contribution in [-0.2, 0) is 14.3 Å². The molecule has 1 unspecified atom stereocenters. The molecule has 9 nitrogen and oxygen atoms in total. The predicted molar refractivity (Wildman–Crippen MR) is 148 cm³/mol. The first-order valence-corrected chi connectivity index (χ1v) is 13.3. The number of carbonyl (C=O) groups is 2. The summed E-state index contributed by atoms with van der Waals surface area (Å²) in [5.41, 5.74) is 0.470. The summed E-state index contributed by atoms with van der Waals surface area (Å²) in [4.78, 5) is 30.5. The Hall–Kier alpha value is -3.26. The van der Waals surface area contributed by atoms with Gasteiger partial charge in [0.15, 0.2) is 11.5 Å². The molecule has 3 aromatic rings. The number of benzene rings is 2. The number of nitrogens with one attached hydrogen (secondary N) is 1. The van der Waals surface area contributed by atoms with Crippen molar-refractivity contribution in [3.05, 3.63) is 42.6 Å². The Bertz CT molecular complexity index is 1320. The molecule has 2 aliphatic rings. The van der Waals surface area contributed by atoms with Crippen molar-refractivity contribution in [1.82, 2.24) is 9.88 Å². The molecule has 0 spiro atoms. The van der Waals surface area contributed by atoms with Crippen LogP contribution >= 0.6 is 9.24 Å². The van der Waals surface area contributed by atoms with Gasteiger partial charge in [0, 0.05) is 48.3 Å². The second-order valence-corrected chi connectivity index (χ2v) is 10.2. The number of pyridine rings is 1. The summed E-state index contributed by atoms with van der Waals surface area (Å²) in [5, 5.41) is 4.38. The van der Waals surface area contributed by atoms with E-state index in [2.05, 4.69) is 24.4 Å². The number of carbonyl (C=O) groups excluding carboxylic acids is 2. The molecule has 0 radical (unpaired) electrons. The molecule has 2 fully saturated rings. The highest BCUT2D eigenvalue weighted by Gasteiger charge is 2.50. The number of amides is 1. The molecule has 1 aliphatic carbocycles. The normalized spacial score (nSPS) is 16.6. The molecule has 200 valence electrons. The van der Waals surface area contributed by atoms with Gasteiger partial charge in [-0.15, -0.1) is 9.24 Å². The Morgan fingerprint density at radius 3 is 2.66 bits per heavy atom. The van der Waals surface area contributed by atoms with E-state index in [9.17, 15) is 9.59 Å². The molecule has 1 amide bonds. The number of aromatic nitrogens is 1. The molecule has 5 rings (SSSR count). The molecular weight excluding hydrogens is 505 g/mol. The van der Waals surface area contributed by atoms with Crippen molar-refractivity contribution >= 4 is 43.3 Å². The Balaban J connectivity index is 1.27. The topological polar surface area (TPSA) is 99.2 Å². The zero-order valence-electron chi connectivity index (χ0n) is 21.4. The minimum atomic E-state index is -0.865. The van der Waals surface area contributed by atoms with Crippen LogP contribution in [0.15, 0.2) is 42.6 Å². The number of anilines is 1. The van der Waals surface area contributed by atoms with Crippen molar-refractivity contribution < 1.29 is 28.5 Å². The SMILES string of the molecule is COc1cc2c(Oc3ccc(NC(=O)C4(C=O)CC4)cc3P)ccnc2cc1OCCCN1CCOCC1. The second-order valence-electron chi connectivity index (χ2n) is 9.57. The number of hydrogen-bond donors (Lipinski definition) is 1. The lowest BCUT2D eigenvalue weighted by molar-refractivity contribution is -0.126. The fourth-order valence-corrected chi connectivity index (χ4v) is 4.75. The van der Waals surface area contributed by atoms with Crippen molar-refractivity contribution in [2.24, 2.45) is 5.41 Å². The first kappa shape index (κ1) is 26.4. The zero-order valence-corrected chi connectivity index (χ0v) is 22.6. The van der Waals surface area contributed by atoms with Gasteiger partial charge in [-0.1, -0.05) is 0 Å². The van der Waals surface area contributed by atoms with Gasteiger partial charge in [0.2, 0.25) is 5.91 Å². The van der Waals surface area contributed by atoms with Gasteiger partial charge in [0.1, 0.15) is 23.2 Å². The summed E-state index contributed by atoms with van der Waals surface area (Å²) in [6, 6.07) is 10.9. The highest BCUT2D eigenvalue weighted by molar-refractivity contribution is 7.27. The molecule has 1 aliphatic heterocycles. The average Bonchev–Trinajstić information content (AvgIpc) is 3.74. The highest BCUT2D eigenvalue weighted by atomic mass is 31.0. The van der Waals surface area contributed by atoms with Gasteiger partial charge in [-0.3, -0.25) is 14.7 Å². The maximum Gasteiger partial charge on any atom is 0.237 e. The van der Waals surface area contributed by atoms with Gasteiger partial charge in [-0.05, 0) is 49.6 Å². The van der Waals surface area contributed by atoms with Crippen LogP contribution in [0.1, 0.15) is 19.3 Å². The Morgan fingerprint density at radius 2 is 1.95 bits per heavy atom. The summed E-state index contributed by atoms with van der Waals surface area (Å²) in [7, 11) is 4.24. The second kappa shape index (κ2) is 11.6. The number of methoxy groups -OCH3 is 1. The number of nitrogens with zero attached hydrogens (tertiary/aromatic N) is 2. The van der Waals surface area contributed by atoms with Crippen LogP contribution in [0.25, 0.3) is 10.9 Å². The van der Waals surface area contributed by atoms with E-state index >= 15 is 0 Å². The van der Waals surface area contributed by atoms with Crippen molar-refractivity contribution in [2.75, 3.05) is 51.9 Å². The van der Waals surface area contributed by atoms with E-state index in [1.807, 2.05) is 12.1 Å². The van der Waals surface area contributed by atoms with E-state index in [0.717, 1.165) is 61.8 Å². The van der Waals surface area contributed by atoms with Crippen molar-refractivity contribution in [3.63, 3.8) is 0 Å². The fourth-order valence-electron chi connectivity index (χ4n) is 4.41. The van der Waals surface area contributed by atoms with E-state index in [1.165, 1.54) is 0 Å². The third-order valence-electron chi connectivity index (χ3n) is 6.92. The van der Waals surface area contributed by atoms with Crippen LogP contribution in [0.4, 0.5) is 5.69 Å². The Morgan fingerprint density at radius 1 is 1.13 bits per heavy atom. The lowest BCUT2D eigenvalue weighted by atomic mass is 10.1. The zero-order chi connectivity index (χ0) is 26.5. The lowest BCUT2D eigenvalue weighted by Gasteiger charge is -2.26. The quantitative estimate of drug-likeness (QED) is 0.172. The van der Waals surface area contributed by atoms with E-state index in [0.29, 0.717) is 48.1 Å². The fraction of sp³-hybridized carbons (Fsp3) is 0.393. The first-order valence-electron chi connectivity index (χ1n) is 12.8. The molecule has 2 heterocycles. The van der Waals surface area contributed by atoms with Crippen LogP contribution < -0.4 is 24.8 Å². The predicted octanol–water partition coefficient (Wildman–Crippen LogP) is 3.55. The average molecular weight is 538 g/mol. The number of morpholine rings is 1. The van der Waals surface area contributed by atoms with Crippen LogP contribution in [-0.4, -0.2) is 68.6 Å². The Kier molecular flexibility index (Phi) is 8.07. The first-order chi connectivity index (χ1) is 18.5. The molecule has 2 aromatic carbocycles. The number of aldehydes is 1. The van der Waals surface area contributed by atoms with Crippen molar-refractivity contribution in [1.29, 1.82) is 0 Å². The minimum Gasteiger partial charge on any atom is -0.493 e. The molecule has 1 saturated carbocycles.